The van der Waals surface area contributed by atoms with Crippen molar-refractivity contribution in [2.75, 3.05) is 4.72 Å². The van der Waals surface area contributed by atoms with Crippen molar-refractivity contribution >= 4 is 60.0 Å². The van der Waals surface area contributed by atoms with E-state index in [2.05, 4.69) is 9.71 Å². The van der Waals surface area contributed by atoms with Crippen LogP contribution in [0.15, 0.2) is 64.4 Å². The first-order chi connectivity index (χ1) is 15.4. The molecule has 0 spiro atoms. The number of anilines is 1. The predicted molar refractivity (Wildman–Crippen MR) is 130 cm³/mol. The second-order valence-corrected chi connectivity index (χ2v) is 11.7. The van der Waals surface area contributed by atoms with Crippen LogP contribution in [-0.4, -0.2) is 25.8 Å². The average Bonchev–Trinajstić information content (AvgIpc) is 3.07. The number of halogens is 2. The van der Waals surface area contributed by atoms with Crippen LogP contribution in [0.1, 0.15) is 17.0 Å². The van der Waals surface area contributed by atoms with Crippen LogP contribution < -0.4 is 4.72 Å². The smallest absolute Gasteiger partial charge is 0.270 e. The zero-order valence-corrected chi connectivity index (χ0v) is 20.9. The van der Waals surface area contributed by atoms with E-state index in [-0.39, 0.29) is 26.8 Å². The van der Waals surface area contributed by atoms with Gasteiger partial charge in [-0.1, -0.05) is 35.3 Å². The lowest BCUT2D eigenvalue weighted by Gasteiger charge is -2.13. The Kier molecular flexibility index (Phi) is 5.94. The highest BCUT2D eigenvalue weighted by Gasteiger charge is 2.26. The molecule has 0 radical (unpaired) electrons. The van der Waals surface area contributed by atoms with E-state index in [0.29, 0.717) is 26.7 Å². The molecule has 0 aliphatic heterocycles. The van der Waals surface area contributed by atoms with Crippen LogP contribution in [0.2, 0.25) is 10.0 Å². The molecule has 0 fully saturated rings. The number of fused-ring (bicyclic) bond motifs is 1. The second kappa shape index (κ2) is 8.32. The second-order valence-electron chi connectivity index (χ2n) is 7.46. The van der Waals surface area contributed by atoms with Crippen LogP contribution in [0.3, 0.4) is 0 Å². The van der Waals surface area contributed by atoms with Gasteiger partial charge < -0.3 is 0 Å². The van der Waals surface area contributed by atoms with Crippen LogP contribution in [0.4, 0.5) is 5.69 Å². The highest BCUT2D eigenvalue weighted by Crippen LogP contribution is 2.30. The molecule has 1 aromatic heterocycles. The Balaban J connectivity index is 1.85. The summed E-state index contributed by atoms with van der Waals surface area (Å²) in [6.07, 6.45) is 0. The molecule has 0 atom stereocenters. The number of nitrogens with one attached hydrogen (secondary N) is 1. The Bertz CT molecular complexity index is 1630. The number of hydrogen-bond donors (Lipinski definition) is 1. The third-order valence-electron chi connectivity index (χ3n) is 5.27. The van der Waals surface area contributed by atoms with Gasteiger partial charge in [0.15, 0.2) is 0 Å². The van der Waals surface area contributed by atoms with E-state index in [1.165, 1.54) is 24.3 Å². The minimum Gasteiger partial charge on any atom is -0.280 e. The minimum atomic E-state index is -4.06. The van der Waals surface area contributed by atoms with E-state index in [1.54, 1.807) is 51.1 Å². The normalized spacial score (nSPS) is 12.3. The molecule has 0 aliphatic rings. The molecule has 7 nitrogen and oxygen atoms in total. The maximum Gasteiger partial charge on any atom is 0.270 e. The lowest BCUT2D eigenvalue weighted by molar-refractivity contribution is 0.586. The summed E-state index contributed by atoms with van der Waals surface area (Å²) in [5.41, 5.74) is 1.63. The van der Waals surface area contributed by atoms with Gasteiger partial charge in [-0.3, -0.25) is 4.72 Å². The standard InChI is InChI=1S/C22H19Cl2N3O4S2/c1-13-17(23)6-4-8-21(13)32(28,29)26-16-10-11-19-20(12-16)27(15(3)25-19)33(30,31)22-9-5-7-18(24)14(22)2/h4-12,26H,1-3H3. The van der Waals surface area contributed by atoms with Gasteiger partial charge in [0.25, 0.3) is 20.0 Å². The van der Waals surface area contributed by atoms with E-state index in [1.807, 2.05) is 0 Å². The fraction of sp³-hybridized carbons (Fsp3) is 0.136. The Morgan fingerprint density at radius 3 is 2.03 bits per heavy atom. The van der Waals surface area contributed by atoms with Gasteiger partial charge in [-0.25, -0.2) is 25.8 Å². The Hall–Kier alpha value is -2.59. The Morgan fingerprint density at radius 2 is 1.39 bits per heavy atom. The summed E-state index contributed by atoms with van der Waals surface area (Å²) < 4.78 is 56.6. The van der Waals surface area contributed by atoms with Gasteiger partial charge in [0.05, 0.1) is 26.5 Å². The van der Waals surface area contributed by atoms with Gasteiger partial charge in [-0.05, 0) is 74.4 Å². The molecule has 0 amide bonds. The van der Waals surface area contributed by atoms with Gasteiger partial charge in [-0.15, -0.1) is 0 Å². The van der Waals surface area contributed by atoms with Crippen molar-refractivity contribution in [1.29, 1.82) is 0 Å². The molecule has 33 heavy (non-hydrogen) atoms. The molecule has 172 valence electrons. The molecule has 11 heteroatoms. The first-order valence-electron chi connectivity index (χ1n) is 9.71. The van der Waals surface area contributed by atoms with E-state index in [4.69, 9.17) is 23.2 Å². The first-order valence-corrected chi connectivity index (χ1v) is 13.4. The van der Waals surface area contributed by atoms with Gasteiger partial charge in [0, 0.05) is 10.0 Å². The number of aryl methyl sites for hydroxylation is 1. The number of hydrogen-bond acceptors (Lipinski definition) is 5. The average molecular weight is 524 g/mol. The molecular formula is C22H19Cl2N3O4S2. The number of nitrogens with zero attached hydrogens (tertiary/aromatic N) is 2. The third kappa shape index (κ3) is 4.10. The molecule has 4 rings (SSSR count). The van der Waals surface area contributed by atoms with Crippen LogP contribution in [-0.2, 0) is 20.0 Å². The van der Waals surface area contributed by atoms with Crippen molar-refractivity contribution < 1.29 is 16.8 Å². The molecule has 4 aromatic rings. The number of rotatable bonds is 5. The van der Waals surface area contributed by atoms with Crippen molar-refractivity contribution in [2.45, 2.75) is 30.6 Å². The molecule has 1 heterocycles. The SMILES string of the molecule is Cc1c(Cl)cccc1S(=O)(=O)Nc1ccc2nc(C)n(S(=O)(=O)c3cccc(Cl)c3C)c2c1. The van der Waals surface area contributed by atoms with Crippen LogP contribution in [0, 0.1) is 20.8 Å². The van der Waals surface area contributed by atoms with Crippen molar-refractivity contribution in [3.05, 3.63) is 81.6 Å². The maximum atomic E-state index is 13.5. The molecule has 0 unspecified atom stereocenters. The number of benzene rings is 3. The molecule has 0 aliphatic carbocycles. The van der Waals surface area contributed by atoms with Crippen molar-refractivity contribution in [3.8, 4) is 0 Å². The molecular weight excluding hydrogens is 505 g/mol. The number of imidazole rings is 1. The monoisotopic (exact) mass is 523 g/mol. The van der Waals surface area contributed by atoms with Crippen molar-refractivity contribution in [2.24, 2.45) is 0 Å². The summed E-state index contributed by atoms with van der Waals surface area (Å²) in [7, 11) is -8.03. The van der Waals surface area contributed by atoms with Gasteiger partial charge in [-0.2, -0.15) is 0 Å². The van der Waals surface area contributed by atoms with E-state index >= 15 is 0 Å². The van der Waals surface area contributed by atoms with Crippen LogP contribution in [0.25, 0.3) is 11.0 Å². The fourth-order valence-corrected chi connectivity index (χ4v) is 7.11. The van der Waals surface area contributed by atoms with Gasteiger partial charge >= 0.3 is 0 Å². The summed E-state index contributed by atoms with van der Waals surface area (Å²) in [5, 5.41) is 0.647. The zero-order valence-electron chi connectivity index (χ0n) is 17.8. The van der Waals surface area contributed by atoms with E-state index in [0.717, 1.165) is 3.97 Å². The molecule has 0 saturated heterocycles. The van der Waals surface area contributed by atoms with Crippen LogP contribution in [0.5, 0.6) is 0 Å². The van der Waals surface area contributed by atoms with Crippen molar-refractivity contribution in [3.63, 3.8) is 0 Å². The highest BCUT2D eigenvalue weighted by atomic mass is 35.5. The summed E-state index contributed by atoms with van der Waals surface area (Å²) in [6, 6.07) is 13.7. The highest BCUT2D eigenvalue weighted by molar-refractivity contribution is 7.92. The Morgan fingerprint density at radius 1 is 0.818 bits per heavy atom. The fourth-order valence-electron chi connectivity index (χ4n) is 3.60. The van der Waals surface area contributed by atoms with Gasteiger partial charge in [0.2, 0.25) is 0 Å². The molecule has 0 saturated carbocycles. The topological polar surface area (TPSA) is 98.1 Å². The summed E-state index contributed by atoms with van der Waals surface area (Å²) in [6.45, 7) is 4.80. The maximum absolute atomic E-state index is 13.5. The largest absolute Gasteiger partial charge is 0.280 e. The molecule has 3 aromatic carbocycles. The zero-order chi connectivity index (χ0) is 24.1. The number of aromatic nitrogens is 2. The summed E-state index contributed by atoms with van der Waals surface area (Å²) in [4.78, 5) is 4.40. The predicted octanol–water partition coefficient (Wildman–Crippen LogP) is 5.31. The lowest BCUT2D eigenvalue weighted by Crippen LogP contribution is -2.16. The summed E-state index contributed by atoms with van der Waals surface area (Å²) >= 11 is 12.2. The molecule has 0 bridgehead atoms. The van der Waals surface area contributed by atoms with Gasteiger partial charge in [0.1, 0.15) is 5.82 Å². The van der Waals surface area contributed by atoms with E-state index in [9.17, 15) is 16.8 Å². The third-order valence-corrected chi connectivity index (χ3v) is 9.55. The van der Waals surface area contributed by atoms with Crippen molar-refractivity contribution in [1.82, 2.24) is 8.96 Å². The minimum absolute atomic E-state index is 0.0296. The van der Waals surface area contributed by atoms with Crippen LogP contribution >= 0.6 is 23.2 Å². The first kappa shape index (κ1) is 23.6. The number of sulfonamides is 1. The Labute approximate surface area is 202 Å². The summed E-state index contributed by atoms with van der Waals surface area (Å²) in [5.74, 6) is 0.232. The van der Waals surface area contributed by atoms with E-state index < -0.39 is 20.0 Å². The molecule has 1 N–H and O–H groups in total. The quantitative estimate of drug-likeness (QED) is 0.382. The lowest BCUT2D eigenvalue weighted by atomic mass is 10.2.